The van der Waals surface area contributed by atoms with Gasteiger partial charge in [-0.2, -0.15) is 0 Å². The molecule has 2 heterocycles. The highest BCUT2D eigenvalue weighted by molar-refractivity contribution is 5.02. The van der Waals surface area contributed by atoms with Crippen molar-refractivity contribution in [2.75, 3.05) is 19.8 Å². The average molecular weight is 222 g/mol. The van der Waals surface area contributed by atoms with Gasteiger partial charge in [0.1, 0.15) is 5.60 Å². The molecule has 1 aliphatic rings. The lowest BCUT2D eigenvalue weighted by atomic mass is 9.96. The quantitative estimate of drug-likeness (QED) is 0.829. The van der Waals surface area contributed by atoms with Crippen LogP contribution in [0.3, 0.4) is 0 Å². The Morgan fingerprint density at radius 3 is 3.06 bits per heavy atom. The van der Waals surface area contributed by atoms with Gasteiger partial charge in [-0.25, -0.2) is 0 Å². The second-order valence-corrected chi connectivity index (χ2v) is 4.15. The molecule has 4 heteroatoms. The minimum Gasteiger partial charge on any atom is -0.378 e. The van der Waals surface area contributed by atoms with Gasteiger partial charge in [0.05, 0.1) is 18.9 Å². The van der Waals surface area contributed by atoms with Gasteiger partial charge in [0.25, 0.3) is 0 Å². The molecule has 1 atom stereocenters. The molecule has 0 saturated carbocycles. The van der Waals surface area contributed by atoms with Crippen molar-refractivity contribution in [3.05, 3.63) is 30.1 Å². The fraction of sp³-hybridized carbons (Fsp3) is 0.583. The summed E-state index contributed by atoms with van der Waals surface area (Å²) in [5.74, 6) is 0. The van der Waals surface area contributed by atoms with E-state index in [1.807, 2.05) is 18.2 Å². The number of hydrogen-bond acceptors (Lipinski definition) is 4. The number of pyridine rings is 1. The maximum absolute atomic E-state index is 5.89. The second-order valence-electron chi connectivity index (χ2n) is 4.15. The largest absolute Gasteiger partial charge is 0.378 e. The first-order valence-corrected chi connectivity index (χ1v) is 5.66. The Morgan fingerprint density at radius 2 is 2.44 bits per heavy atom. The van der Waals surface area contributed by atoms with E-state index in [4.69, 9.17) is 15.2 Å². The van der Waals surface area contributed by atoms with Crippen LogP contribution < -0.4 is 5.73 Å². The zero-order valence-corrected chi connectivity index (χ0v) is 9.39. The molecular formula is C12H18N2O2. The smallest absolute Gasteiger partial charge is 0.104 e. The standard InChI is InChI=1S/C12H18N2O2/c13-9-12(5-3-7-15-10-12)16-8-11-4-1-2-6-14-11/h1-2,4,6H,3,5,7-10,13H2. The molecule has 2 N–H and O–H groups in total. The van der Waals surface area contributed by atoms with Gasteiger partial charge in [0.15, 0.2) is 0 Å². The van der Waals surface area contributed by atoms with E-state index < -0.39 is 0 Å². The van der Waals surface area contributed by atoms with Crippen LogP contribution in [0.5, 0.6) is 0 Å². The third kappa shape index (κ3) is 2.78. The Labute approximate surface area is 95.8 Å². The normalized spacial score (nSPS) is 25.6. The van der Waals surface area contributed by atoms with E-state index in [-0.39, 0.29) is 5.60 Å². The zero-order valence-electron chi connectivity index (χ0n) is 9.39. The molecule has 0 amide bonds. The summed E-state index contributed by atoms with van der Waals surface area (Å²) in [5.41, 5.74) is 6.40. The summed E-state index contributed by atoms with van der Waals surface area (Å²) in [7, 11) is 0. The molecular weight excluding hydrogens is 204 g/mol. The summed E-state index contributed by atoms with van der Waals surface area (Å²) in [5, 5.41) is 0. The van der Waals surface area contributed by atoms with Crippen LogP contribution in [0.25, 0.3) is 0 Å². The van der Waals surface area contributed by atoms with Crippen molar-refractivity contribution >= 4 is 0 Å². The fourth-order valence-electron chi connectivity index (χ4n) is 1.87. The van der Waals surface area contributed by atoms with Crippen LogP contribution in [0.2, 0.25) is 0 Å². The molecule has 1 unspecified atom stereocenters. The summed E-state index contributed by atoms with van der Waals surface area (Å²) < 4.78 is 11.3. The Bertz CT molecular complexity index is 310. The number of hydrogen-bond donors (Lipinski definition) is 1. The minimum absolute atomic E-state index is 0.310. The SMILES string of the molecule is NCC1(OCc2ccccn2)CCCOC1. The van der Waals surface area contributed by atoms with E-state index in [2.05, 4.69) is 4.98 Å². The summed E-state index contributed by atoms with van der Waals surface area (Å²) in [6.07, 6.45) is 3.75. The van der Waals surface area contributed by atoms with Crippen LogP contribution in [0.1, 0.15) is 18.5 Å². The van der Waals surface area contributed by atoms with Gasteiger partial charge < -0.3 is 15.2 Å². The second kappa shape index (κ2) is 5.39. The summed E-state index contributed by atoms with van der Waals surface area (Å²) in [6, 6.07) is 5.80. The van der Waals surface area contributed by atoms with Crippen LogP contribution in [0.15, 0.2) is 24.4 Å². The number of rotatable bonds is 4. The van der Waals surface area contributed by atoms with Crippen LogP contribution in [-0.2, 0) is 16.1 Å². The van der Waals surface area contributed by atoms with E-state index >= 15 is 0 Å². The zero-order chi connectivity index (χ0) is 11.3. The van der Waals surface area contributed by atoms with Crippen molar-refractivity contribution in [3.63, 3.8) is 0 Å². The van der Waals surface area contributed by atoms with E-state index in [9.17, 15) is 0 Å². The van der Waals surface area contributed by atoms with Crippen molar-refractivity contribution < 1.29 is 9.47 Å². The molecule has 0 aromatic carbocycles. The van der Waals surface area contributed by atoms with Crippen molar-refractivity contribution in [2.24, 2.45) is 5.73 Å². The van der Waals surface area contributed by atoms with Crippen LogP contribution >= 0.6 is 0 Å². The third-order valence-corrected chi connectivity index (χ3v) is 2.91. The highest BCUT2D eigenvalue weighted by Crippen LogP contribution is 2.23. The number of ether oxygens (including phenoxy) is 2. The summed E-state index contributed by atoms with van der Waals surface area (Å²) in [6.45, 7) is 2.41. The first-order valence-electron chi connectivity index (χ1n) is 5.66. The molecule has 1 aromatic heterocycles. The van der Waals surface area contributed by atoms with Crippen LogP contribution in [0, 0.1) is 0 Å². The maximum atomic E-state index is 5.89. The predicted molar refractivity (Wildman–Crippen MR) is 60.9 cm³/mol. The highest BCUT2D eigenvalue weighted by atomic mass is 16.5. The predicted octanol–water partition coefficient (Wildman–Crippen LogP) is 1.11. The Morgan fingerprint density at radius 1 is 1.50 bits per heavy atom. The molecule has 1 saturated heterocycles. The van der Waals surface area contributed by atoms with Crippen molar-refractivity contribution in [3.8, 4) is 0 Å². The van der Waals surface area contributed by atoms with Crippen molar-refractivity contribution in [1.29, 1.82) is 0 Å². The molecule has 1 fully saturated rings. The Kier molecular flexibility index (Phi) is 3.88. The van der Waals surface area contributed by atoms with Crippen molar-refractivity contribution in [2.45, 2.75) is 25.0 Å². The van der Waals surface area contributed by atoms with Gasteiger partial charge >= 0.3 is 0 Å². The molecule has 88 valence electrons. The minimum atomic E-state index is -0.310. The third-order valence-electron chi connectivity index (χ3n) is 2.91. The highest BCUT2D eigenvalue weighted by Gasteiger charge is 2.32. The first-order chi connectivity index (χ1) is 7.85. The van der Waals surface area contributed by atoms with Gasteiger partial charge in [-0.3, -0.25) is 4.98 Å². The molecule has 2 rings (SSSR count). The van der Waals surface area contributed by atoms with Crippen LogP contribution in [0.4, 0.5) is 0 Å². The fourth-order valence-corrected chi connectivity index (χ4v) is 1.87. The molecule has 0 aliphatic carbocycles. The number of aromatic nitrogens is 1. The topological polar surface area (TPSA) is 57.4 Å². The molecule has 0 bridgehead atoms. The maximum Gasteiger partial charge on any atom is 0.104 e. The molecule has 16 heavy (non-hydrogen) atoms. The van der Waals surface area contributed by atoms with Crippen LogP contribution in [-0.4, -0.2) is 30.3 Å². The van der Waals surface area contributed by atoms with Gasteiger partial charge in [-0.15, -0.1) is 0 Å². The monoisotopic (exact) mass is 222 g/mol. The molecule has 0 spiro atoms. The first kappa shape index (κ1) is 11.5. The lowest BCUT2D eigenvalue weighted by molar-refractivity contribution is -0.130. The average Bonchev–Trinajstić information content (AvgIpc) is 2.39. The summed E-state index contributed by atoms with van der Waals surface area (Å²) in [4.78, 5) is 4.22. The van der Waals surface area contributed by atoms with Gasteiger partial charge in [0, 0.05) is 19.3 Å². The molecule has 4 nitrogen and oxygen atoms in total. The Balaban J connectivity index is 1.92. The number of nitrogens with two attached hydrogens (primary N) is 1. The van der Waals surface area contributed by atoms with Crippen molar-refractivity contribution in [1.82, 2.24) is 4.98 Å². The van der Waals surface area contributed by atoms with E-state index in [0.29, 0.717) is 19.8 Å². The Hall–Kier alpha value is -0.970. The van der Waals surface area contributed by atoms with E-state index in [1.54, 1.807) is 6.20 Å². The summed E-state index contributed by atoms with van der Waals surface area (Å²) >= 11 is 0. The molecule has 1 aliphatic heterocycles. The molecule has 0 radical (unpaired) electrons. The lowest BCUT2D eigenvalue weighted by Gasteiger charge is -2.35. The molecule has 1 aromatic rings. The van der Waals surface area contributed by atoms with E-state index in [1.165, 1.54) is 0 Å². The van der Waals surface area contributed by atoms with E-state index in [0.717, 1.165) is 25.1 Å². The van der Waals surface area contributed by atoms with Gasteiger partial charge in [0.2, 0.25) is 0 Å². The van der Waals surface area contributed by atoms with Gasteiger partial charge in [-0.05, 0) is 25.0 Å². The number of nitrogens with zero attached hydrogens (tertiary/aromatic N) is 1. The lowest BCUT2D eigenvalue weighted by Crippen LogP contribution is -2.47. The van der Waals surface area contributed by atoms with Gasteiger partial charge in [-0.1, -0.05) is 6.07 Å².